The van der Waals surface area contributed by atoms with Crippen LogP contribution in [0.5, 0.6) is 17.2 Å². The summed E-state index contributed by atoms with van der Waals surface area (Å²) in [5.41, 5.74) is 4.28. The Morgan fingerprint density at radius 1 is 0.707 bits per heavy atom. The van der Waals surface area contributed by atoms with Crippen molar-refractivity contribution >= 4 is 11.3 Å². The lowest BCUT2D eigenvalue weighted by atomic mass is 9.84. The molecule has 2 heterocycles. The first-order valence-corrected chi connectivity index (χ1v) is 16.0. The summed E-state index contributed by atoms with van der Waals surface area (Å²) >= 11 is 2.03. The van der Waals surface area contributed by atoms with Gasteiger partial charge in [-0.15, -0.1) is 11.3 Å². The number of rotatable bonds is 15. The van der Waals surface area contributed by atoms with Gasteiger partial charge < -0.3 is 19.1 Å². The van der Waals surface area contributed by atoms with Crippen molar-refractivity contribution in [3.63, 3.8) is 0 Å². The van der Waals surface area contributed by atoms with E-state index in [1.807, 2.05) is 17.4 Å². The van der Waals surface area contributed by atoms with Crippen LogP contribution < -0.4 is 14.2 Å². The molecule has 0 atom stereocenters. The number of benzene rings is 2. The smallest absolute Gasteiger partial charge is 0.203 e. The Morgan fingerprint density at radius 2 is 1.37 bits per heavy atom. The fraction of sp³-hybridized carbons (Fsp3) is 0.543. The molecule has 0 aliphatic carbocycles. The van der Waals surface area contributed by atoms with Gasteiger partial charge in [-0.05, 0) is 81.2 Å². The molecule has 224 valence electrons. The Balaban J connectivity index is 1.16. The average molecular weight is 579 g/mol. The van der Waals surface area contributed by atoms with E-state index in [0.717, 1.165) is 44.0 Å². The maximum atomic E-state index is 5.70. The molecule has 0 radical (unpaired) electrons. The van der Waals surface area contributed by atoms with E-state index in [1.54, 1.807) is 26.2 Å². The van der Waals surface area contributed by atoms with Crippen LogP contribution in [0.3, 0.4) is 0 Å². The molecule has 3 aromatic rings. The molecule has 1 aliphatic rings. The molecule has 1 fully saturated rings. The lowest BCUT2D eigenvalue weighted by Crippen LogP contribution is -2.46. The second-order valence-corrected chi connectivity index (χ2v) is 13.5. The van der Waals surface area contributed by atoms with Crippen LogP contribution in [0.4, 0.5) is 0 Å². The van der Waals surface area contributed by atoms with E-state index in [9.17, 15) is 0 Å². The van der Waals surface area contributed by atoms with Crippen LogP contribution >= 0.6 is 11.3 Å². The molecule has 41 heavy (non-hydrogen) atoms. The molecule has 4 rings (SSSR count). The third kappa shape index (κ3) is 9.22. The summed E-state index contributed by atoms with van der Waals surface area (Å²) in [7, 11) is 5.02. The summed E-state index contributed by atoms with van der Waals surface area (Å²) < 4.78 is 16.7. The van der Waals surface area contributed by atoms with E-state index in [2.05, 4.69) is 73.0 Å². The van der Waals surface area contributed by atoms with E-state index in [0.29, 0.717) is 16.9 Å². The quantitative estimate of drug-likeness (QED) is 0.187. The average Bonchev–Trinajstić information content (AvgIpc) is 3.44. The Kier molecular flexibility index (Phi) is 11.5. The van der Waals surface area contributed by atoms with Gasteiger partial charge in [0, 0.05) is 48.0 Å². The number of hydrogen-bond acceptors (Lipinski definition) is 6. The van der Waals surface area contributed by atoms with Crippen molar-refractivity contribution in [1.82, 2.24) is 9.80 Å². The highest BCUT2D eigenvalue weighted by Gasteiger charge is 2.24. The third-order valence-corrected chi connectivity index (χ3v) is 9.73. The number of piperazine rings is 1. The highest BCUT2D eigenvalue weighted by atomic mass is 32.1. The maximum Gasteiger partial charge on any atom is 0.203 e. The number of methoxy groups -OCH3 is 3. The van der Waals surface area contributed by atoms with Gasteiger partial charge in [0.1, 0.15) is 0 Å². The SMILES string of the molecule is COc1ccc(CN2CCN(CCC(C)(C)CCc3ccc(CCCc4ccc(C)cc4)s3)CC2)c(OC)c1OC. The molecule has 2 aromatic carbocycles. The molecule has 0 spiro atoms. The van der Waals surface area contributed by atoms with Crippen molar-refractivity contribution in [2.24, 2.45) is 5.41 Å². The van der Waals surface area contributed by atoms with Gasteiger partial charge in [-0.2, -0.15) is 0 Å². The number of thiophene rings is 1. The number of aryl methyl sites for hydroxylation is 4. The van der Waals surface area contributed by atoms with Crippen molar-refractivity contribution in [2.45, 2.75) is 65.8 Å². The van der Waals surface area contributed by atoms with Crippen molar-refractivity contribution in [3.8, 4) is 17.2 Å². The second-order valence-electron chi connectivity index (χ2n) is 12.2. The fourth-order valence-electron chi connectivity index (χ4n) is 5.66. The summed E-state index contributed by atoms with van der Waals surface area (Å²) in [5, 5.41) is 0. The standard InChI is InChI=1S/C35H50N2O3S/c1-27-10-12-28(13-11-27)8-7-9-30-15-16-31(41-30)18-19-35(2,3)20-21-36-22-24-37(25-23-36)26-29-14-17-32(38-4)34(40-6)33(29)39-5/h10-17H,7-9,18-26H2,1-6H3. The molecular formula is C35H50N2O3S. The van der Waals surface area contributed by atoms with Crippen LogP contribution in [0, 0.1) is 12.3 Å². The summed E-state index contributed by atoms with van der Waals surface area (Å²) in [6.45, 7) is 13.4. The third-order valence-electron chi connectivity index (χ3n) is 8.52. The highest BCUT2D eigenvalue weighted by molar-refractivity contribution is 7.11. The van der Waals surface area contributed by atoms with Gasteiger partial charge >= 0.3 is 0 Å². The van der Waals surface area contributed by atoms with Crippen LogP contribution in [0.25, 0.3) is 0 Å². The topological polar surface area (TPSA) is 34.2 Å². The van der Waals surface area contributed by atoms with Gasteiger partial charge in [0.2, 0.25) is 5.75 Å². The van der Waals surface area contributed by atoms with E-state index in [4.69, 9.17) is 14.2 Å². The van der Waals surface area contributed by atoms with E-state index < -0.39 is 0 Å². The lowest BCUT2D eigenvalue weighted by molar-refractivity contribution is 0.112. The van der Waals surface area contributed by atoms with Crippen LogP contribution in [-0.2, 0) is 25.8 Å². The summed E-state index contributed by atoms with van der Waals surface area (Å²) in [6.07, 6.45) is 7.26. The molecular weight excluding hydrogens is 528 g/mol. The molecule has 1 aliphatic heterocycles. The first-order valence-electron chi connectivity index (χ1n) is 15.2. The lowest BCUT2D eigenvalue weighted by Gasteiger charge is -2.36. The van der Waals surface area contributed by atoms with Crippen LogP contribution in [0.1, 0.15) is 59.6 Å². The van der Waals surface area contributed by atoms with E-state index >= 15 is 0 Å². The molecule has 0 amide bonds. The van der Waals surface area contributed by atoms with Gasteiger partial charge in [0.05, 0.1) is 21.3 Å². The van der Waals surface area contributed by atoms with Crippen LogP contribution in [-0.4, -0.2) is 63.9 Å². The molecule has 1 saturated heterocycles. The number of nitrogens with zero attached hydrogens (tertiary/aromatic N) is 2. The Hall–Kier alpha value is -2.54. The molecule has 0 unspecified atom stereocenters. The van der Waals surface area contributed by atoms with Crippen molar-refractivity contribution in [2.75, 3.05) is 54.1 Å². The Labute approximate surface area is 252 Å². The summed E-state index contributed by atoms with van der Waals surface area (Å²) in [6, 6.07) is 17.8. The molecule has 0 bridgehead atoms. The molecule has 0 N–H and O–H groups in total. The molecule has 5 nitrogen and oxygen atoms in total. The normalized spacial score (nSPS) is 14.8. The highest BCUT2D eigenvalue weighted by Crippen LogP contribution is 2.40. The van der Waals surface area contributed by atoms with Crippen LogP contribution in [0.2, 0.25) is 0 Å². The minimum atomic E-state index is 0.347. The minimum absolute atomic E-state index is 0.347. The zero-order chi connectivity index (χ0) is 29.2. The summed E-state index contributed by atoms with van der Waals surface area (Å²) in [5.74, 6) is 2.15. The number of hydrogen-bond donors (Lipinski definition) is 0. The molecule has 0 saturated carbocycles. The van der Waals surface area contributed by atoms with Gasteiger partial charge in [-0.25, -0.2) is 0 Å². The van der Waals surface area contributed by atoms with Crippen molar-refractivity contribution in [3.05, 3.63) is 75.0 Å². The van der Waals surface area contributed by atoms with Crippen molar-refractivity contribution in [1.29, 1.82) is 0 Å². The minimum Gasteiger partial charge on any atom is -0.493 e. The number of ether oxygens (including phenoxy) is 3. The predicted octanol–water partition coefficient (Wildman–Crippen LogP) is 7.42. The molecule has 6 heteroatoms. The first-order chi connectivity index (χ1) is 19.8. The monoisotopic (exact) mass is 578 g/mol. The first kappa shape index (κ1) is 31.4. The molecule has 1 aromatic heterocycles. The van der Waals surface area contributed by atoms with Crippen LogP contribution in [0.15, 0.2) is 48.5 Å². The zero-order valence-corrected chi connectivity index (χ0v) is 26.9. The van der Waals surface area contributed by atoms with Gasteiger partial charge in [-0.3, -0.25) is 4.90 Å². The second kappa shape index (κ2) is 15.1. The van der Waals surface area contributed by atoms with Gasteiger partial charge in [-0.1, -0.05) is 49.7 Å². The van der Waals surface area contributed by atoms with Crippen molar-refractivity contribution < 1.29 is 14.2 Å². The fourth-order valence-corrected chi connectivity index (χ4v) is 6.72. The Bertz CT molecular complexity index is 1210. The predicted molar refractivity (Wildman–Crippen MR) is 172 cm³/mol. The zero-order valence-electron chi connectivity index (χ0n) is 26.1. The van der Waals surface area contributed by atoms with Gasteiger partial charge in [0.15, 0.2) is 11.5 Å². The van der Waals surface area contributed by atoms with E-state index in [-0.39, 0.29) is 0 Å². The maximum absolute atomic E-state index is 5.70. The largest absolute Gasteiger partial charge is 0.493 e. The van der Waals surface area contributed by atoms with Gasteiger partial charge in [0.25, 0.3) is 0 Å². The Morgan fingerprint density at radius 3 is 2.02 bits per heavy atom. The van der Waals surface area contributed by atoms with E-state index in [1.165, 1.54) is 61.1 Å². The summed E-state index contributed by atoms with van der Waals surface area (Å²) in [4.78, 5) is 8.23.